The monoisotopic (exact) mass is 256 g/mol. The molecule has 0 heterocycles. The molecule has 3 nitrogen and oxygen atoms in total. The van der Waals surface area contributed by atoms with Crippen molar-refractivity contribution in [3.63, 3.8) is 0 Å². The van der Waals surface area contributed by atoms with Crippen LogP contribution in [-0.2, 0) is 16.1 Å². The standard InChI is InChI=1S/C16H16O3/c17-10-14(15-8-4-5-9-16(15)18)12-19-11-13-6-2-1-3-7-13/h1-10,14,18H,11-12H2. The van der Waals surface area contributed by atoms with Gasteiger partial charge < -0.3 is 14.6 Å². The van der Waals surface area contributed by atoms with Crippen LogP contribution in [0.2, 0.25) is 0 Å². The Bertz CT molecular complexity index is 523. The molecule has 0 radical (unpaired) electrons. The number of phenols is 1. The highest BCUT2D eigenvalue weighted by atomic mass is 16.5. The number of ether oxygens (including phenoxy) is 1. The lowest BCUT2D eigenvalue weighted by Gasteiger charge is -2.12. The van der Waals surface area contributed by atoms with Crippen LogP contribution in [0.15, 0.2) is 54.6 Å². The molecule has 0 aliphatic carbocycles. The van der Waals surface area contributed by atoms with E-state index in [2.05, 4.69) is 0 Å². The van der Waals surface area contributed by atoms with Crippen LogP contribution in [0.5, 0.6) is 5.75 Å². The van der Waals surface area contributed by atoms with Crippen molar-refractivity contribution in [2.24, 2.45) is 0 Å². The minimum atomic E-state index is -0.440. The largest absolute Gasteiger partial charge is 0.508 e. The van der Waals surface area contributed by atoms with E-state index in [0.717, 1.165) is 11.8 Å². The van der Waals surface area contributed by atoms with Crippen molar-refractivity contribution in [3.8, 4) is 5.75 Å². The van der Waals surface area contributed by atoms with Crippen LogP contribution >= 0.6 is 0 Å². The average molecular weight is 256 g/mol. The van der Waals surface area contributed by atoms with Crippen molar-refractivity contribution in [2.75, 3.05) is 6.61 Å². The number of benzene rings is 2. The third-order valence-electron chi connectivity index (χ3n) is 2.91. The van der Waals surface area contributed by atoms with Gasteiger partial charge in [-0.2, -0.15) is 0 Å². The lowest BCUT2D eigenvalue weighted by atomic mass is 10.0. The summed E-state index contributed by atoms with van der Waals surface area (Å²) in [5.74, 6) is -0.312. The van der Waals surface area contributed by atoms with Gasteiger partial charge in [-0.15, -0.1) is 0 Å². The fraction of sp³-hybridized carbons (Fsp3) is 0.188. The van der Waals surface area contributed by atoms with Gasteiger partial charge in [0.05, 0.1) is 19.1 Å². The van der Waals surface area contributed by atoms with Crippen molar-refractivity contribution < 1.29 is 14.6 Å². The smallest absolute Gasteiger partial charge is 0.129 e. The molecule has 0 spiro atoms. The Morgan fingerprint density at radius 2 is 1.74 bits per heavy atom. The van der Waals surface area contributed by atoms with E-state index in [1.54, 1.807) is 24.3 Å². The van der Waals surface area contributed by atoms with Crippen molar-refractivity contribution in [1.29, 1.82) is 0 Å². The zero-order valence-corrected chi connectivity index (χ0v) is 10.5. The Kier molecular flexibility index (Phi) is 4.70. The SMILES string of the molecule is O=CC(COCc1ccccc1)c1ccccc1O. The van der Waals surface area contributed by atoms with Crippen molar-refractivity contribution >= 4 is 6.29 Å². The number of phenolic OH excluding ortho intramolecular Hbond substituents is 1. The number of aromatic hydroxyl groups is 1. The van der Waals surface area contributed by atoms with E-state index in [1.807, 2.05) is 30.3 Å². The molecule has 1 N–H and O–H groups in total. The molecule has 0 bridgehead atoms. The molecule has 0 saturated heterocycles. The first kappa shape index (κ1) is 13.3. The van der Waals surface area contributed by atoms with Crippen molar-refractivity contribution in [3.05, 3.63) is 65.7 Å². The molecule has 19 heavy (non-hydrogen) atoms. The minimum Gasteiger partial charge on any atom is -0.508 e. The molecular weight excluding hydrogens is 240 g/mol. The summed E-state index contributed by atoms with van der Waals surface area (Å²) in [5, 5.41) is 9.71. The highest BCUT2D eigenvalue weighted by Crippen LogP contribution is 2.24. The fourth-order valence-electron chi connectivity index (χ4n) is 1.88. The third kappa shape index (κ3) is 3.66. The molecule has 1 unspecified atom stereocenters. The summed E-state index contributed by atoms with van der Waals surface area (Å²) in [5.41, 5.74) is 1.66. The van der Waals surface area contributed by atoms with Crippen molar-refractivity contribution in [2.45, 2.75) is 12.5 Å². The Balaban J connectivity index is 1.94. The van der Waals surface area contributed by atoms with E-state index in [9.17, 15) is 9.90 Å². The Labute approximate surface area is 112 Å². The molecule has 0 amide bonds. The second kappa shape index (κ2) is 6.71. The van der Waals surface area contributed by atoms with Gasteiger partial charge in [0.15, 0.2) is 0 Å². The molecule has 2 aromatic carbocycles. The van der Waals surface area contributed by atoms with Gasteiger partial charge in [0, 0.05) is 5.56 Å². The van der Waals surface area contributed by atoms with E-state index in [0.29, 0.717) is 12.2 Å². The fourth-order valence-corrected chi connectivity index (χ4v) is 1.88. The predicted octanol–water partition coefficient (Wildman–Crippen LogP) is 2.89. The van der Waals surface area contributed by atoms with E-state index >= 15 is 0 Å². The maximum Gasteiger partial charge on any atom is 0.129 e. The van der Waals surface area contributed by atoms with Gasteiger partial charge in [-0.1, -0.05) is 48.5 Å². The Morgan fingerprint density at radius 1 is 1.05 bits per heavy atom. The molecule has 3 heteroatoms. The average Bonchev–Trinajstić information content (AvgIpc) is 2.46. The molecular formula is C16H16O3. The summed E-state index contributed by atoms with van der Waals surface area (Å²) < 4.78 is 5.54. The van der Waals surface area contributed by atoms with Gasteiger partial charge in [0.1, 0.15) is 12.0 Å². The van der Waals surface area contributed by atoms with Crippen LogP contribution in [-0.4, -0.2) is 18.0 Å². The first-order chi connectivity index (χ1) is 9.31. The summed E-state index contributed by atoms with van der Waals surface area (Å²) in [7, 11) is 0. The van der Waals surface area contributed by atoms with E-state index in [-0.39, 0.29) is 12.4 Å². The summed E-state index contributed by atoms with van der Waals surface area (Å²) >= 11 is 0. The lowest BCUT2D eigenvalue weighted by Crippen LogP contribution is -2.09. The molecule has 98 valence electrons. The topological polar surface area (TPSA) is 46.5 Å². The zero-order chi connectivity index (χ0) is 13.5. The van der Waals surface area contributed by atoms with Crippen LogP contribution < -0.4 is 0 Å². The number of rotatable bonds is 6. The normalized spacial score (nSPS) is 12.0. The molecule has 1 atom stereocenters. The van der Waals surface area contributed by atoms with Gasteiger partial charge in [-0.25, -0.2) is 0 Å². The maximum absolute atomic E-state index is 11.1. The Morgan fingerprint density at radius 3 is 2.42 bits per heavy atom. The Hall–Kier alpha value is -2.13. The van der Waals surface area contributed by atoms with Crippen molar-refractivity contribution in [1.82, 2.24) is 0 Å². The highest BCUT2D eigenvalue weighted by Gasteiger charge is 2.14. The quantitative estimate of drug-likeness (QED) is 0.808. The summed E-state index contributed by atoms with van der Waals surface area (Å²) in [6.45, 7) is 0.717. The number of hydrogen-bond acceptors (Lipinski definition) is 3. The molecule has 0 saturated carbocycles. The third-order valence-corrected chi connectivity index (χ3v) is 2.91. The van der Waals surface area contributed by atoms with Gasteiger partial charge >= 0.3 is 0 Å². The highest BCUT2D eigenvalue weighted by molar-refractivity contribution is 5.64. The zero-order valence-electron chi connectivity index (χ0n) is 10.5. The maximum atomic E-state index is 11.1. The lowest BCUT2D eigenvalue weighted by molar-refractivity contribution is -0.110. The van der Waals surface area contributed by atoms with E-state index < -0.39 is 5.92 Å². The number of hydrogen-bond donors (Lipinski definition) is 1. The predicted molar refractivity (Wildman–Crippen MR) is 73.0 cm³/mol. The minimum absolute atomic E-state index is 0.128. The van der Waals surface area contributed by atoms with Crippen LogP contribution in [0.25, 0.3) is 0 Å². The summed E-state index contributed by atoms with van der Waals surface area (Å²) in [6, 6.07) is 16.6. The molecule has 2 rings (SSSR count). The molecule has 2 aromatic rings. The number of carbonyl (C=O) groups is 1. The van der Waals surface area contributed by atoms with Gasteiger partial charge in [0.25, 0.3) is 0 Å². The molecule has 0 aliphatic heterocycles. The molecule has 0 fully saturated rings. The first-order valence-corrected chi connectivity index (χ1v) is 6.16. The number of carbonyl (C=O) groups excluding carboxylic acids is 1. The second-order valence-electron chi connectivity index (χ2n) is 4.30. The number of aldehydes is 1. The summed E-state index contributed by atoms with van der Waals surface area (Å²) in [6.07, 6.45) is 0.806. The van der Waals surface area contributed by atoms with Crippen LogP contribution in [0, 0.1) is 0 Å². The number of para-hydroxylation sites is 1. The van der Waals surface area contributed by atoms with Crippen LogP contribution in [0.4, 0.5) is 0 Å². The molecule has 0 aliphatic rings. The van der Waals surface area contributed by atoms with Crippen LogP contribution in [0.3, 0.4) is 0 Å². The van der Waals surface area contributed by atoms with Gasteiger partial charge in [0.2, 0.25) is 0 Å². The first-order valence-electron chi connectivity index (χ1n) is 6.16. The van der Waals surface area contributed by atoms with Gasteiger partial charge in [-0.05, 0) is 11.6 Å². The van der Waals surface area contributed by atoms with Gasteiger partial charge in [-0.3, -0.25) is 0 Å². The van der Waals surface area contributed by atoms with Crippen LogP contribution in [0.1, 0.15) is 17.0 Å². The molecule has 0 aromatic heterocycles. The second-order valence-corrected chi connectivity index (χ2v) is 4.30. The summed E-state index contributed by atoms with van der Waals surface area (Å²) in [4.78, 5) is 11.1. The van der Waals surface area contributed by atoms with E-state index in [4.69, 9.17) is 4.74 Å². The van der Waals surface area contributed by atoms with E-state index in [1.165, 1.54) is 0 Å².